The molecule has 0 aliphatic heterocycles. The number of rotatable bonds is 5. The summed E-state index contributed by atoms with van der Waals surface area (Å²) in [5.41, 5.74) is 1.47. The van der Waals surface area contributed by atoms with Crippen LogP contribution in [0.15, 0.2) is 28.7 Å². The van der Waals surface area contributed by atoms with E-state index in [1.807, 2.05) is 18.2 Å². The maximum absolute atomic E-state index is 11.3. The molecule has 0 fully saturated rings. The molecule has 0 unspecified atom stereocenters. The van der Waals surface area contributed by atoms with E-state index in [4.69, 9.17) is 0 Å². The van der Waals surface area contributed by atoms with Crippen LogP contribution in [0.25, 0.3) is 6.08 Å². The van der Waals surface area contributed by atoms with E-state index in [2.05, 4.69) is 26.0 Å². The van der Waals surface area contributed by atoms with E-state index in [1.165, 1.54) is 14.0 Å². The Kier molecular flexibility index (Phi) is 6.29. The van der Waals surface area contributed by atoms with Crippen LogP contribution < -0.4 is 5.32 Å². The summed E-state index contributed by atoms with van der Waals surface area (Å²) in [5, 5.41) is 2.71. The van der Waals surface area contributed by atoms with E-state index in [9.17, 15) is 9.59 Å². The quantitative estimate of drug-likeness (QED) is 0.669. The van der Waals surface area contributed by atoms with Crippen molar-refractivity contribution in [2.45, 2.75) is 13.3 Å². The molecule has 1 aromatic rings. The summed E-state index contributed by atoms with van der Waals surface area (Å²) in [5.74, 6) is -0.390. The second kappa shape index (κ2) is 7.74. The first-order valence-electron chi connectivity index (χ1n) is 5.83. The average Bonchev–Trinajstić information content (AvgIpc) is 2.38. The fourth-order valence-corrected chi connectivity index (χ4v) is 1.96. The zero-order chi connectivity index (χ0) is 14.3. The minimum Gasteiger partial charge on any atom is -0.465 e. The largest absolute Gasteiger partial charge is 0.465 e. The van der Waals surface area contributed by atoms with Crippen molar-refractivity contribution in [2.24, 2.45) is 0 Å². The van der Waals surface area contributed by atoms with Crippen LogP contribution in [-0.4, -0.2) is 25.5 Å². The molecular weight excluding hydrogens is 310 g/mol. The zero-order valence-electron chi connectivity index (χ0n) is 10.9. The minimum atomic E-state index is -0.359. The maximum atomic E-state index is 11.3. The van der Waals surface area contributed by atoms with Gasteiger partial charge in [0.05, 0.1) is 12.7 Å². The minimum absolute atomic E-state index is 0.0305. The molecule has 0 saturated heterocycles. The first-order valence-corrected chi connectivity index (χ1v) is 6.62. The van der Waals surface area contributed by atoms with Crippen molar-refractivity contribution in [1.29, 1.82) is 0 Å². The molecule has 5 heteroatoms. The van der Waals surface area contributed by atoms with E-state index < -0.39 is 0 Å². The van der Waals surface area contributed by atoms with Gasteiger partial charge < -0.3 is 10.1 Å². The summed E-state index contributed by atoms with van der Waals surface area (Å²) in [4.78, 5) is 22.0. The van der Waals surface area contributed by atoms with Gasteiger partial charge in [0.2, 0.25) is 5.91 Å². The summed E-state index contributed by atoms with van der Waals surface area (Å²) in [6, 6.07) is 5.27. The van der Waals surface area contributed by atoms with E-state index in [-0.39, 0.29) is 11.9 Å². The van der Waals surface area contributed by atoms with Crippen molar-refractivity contribution in [3.8, 4) is 0 Å². The molecule has 1 amide bonds. The highest BCUT2D eigenvalue weighted by atomic mass is 79.9. The average molecular weight is 326 g/mol. The molecule has 0 spiro atoms. The lowest BCUT2D eigenvalue weighted by Gasteiger charge is -2.03. The van der Waals surface area contributed by atoms with Gasteiger partial charge in [-0.1, -0.05) is 34.1 Å². The third kappa shape index (κ3) is 5.26. The highest BCUT2D eigenvalue weighted by Gasteiger charge is 2.06. The molecule has 0 aliphatic carbocycles. The zero-order valence-corrected chi connectivity index (χ0v) is 12.5. The predicted octanol–water partition coefficient (Wildman–Crippen LogP) is 2.78. The van der Waals surface area contributed by atoms with Crippen LogP contribution >= 0.6 is 15.9 Å². The molecule has 1 N–H and O–H groups in total. The van der Waals surface area contributed by atoms with Crippen LogP contribution in [0.2, 0.25) is 0 Å². The molecule has 1 rings (SSSR count). The summed E-state index contributed by atoms with van der Waals surface area (Å²) < 4.78 is 5.47. The summed E-state index contributed by atoms with van der Waals surface area (Å²) in [6.07, 6.45) is 4.66. The Hall–Kier alpha value is -1.62. The number of nitrogens with one attached hydrogen (secondary N) is 1. The molecule has 1 aromatic carbocycles. The van der Waals surface area contributed by atoms with Crippen LogP contribution in [0.1, 0.15) is 29.3 Å². The fourth-order valence-electron chi connectivity index (χ4n) is 1.45. The molecule has 0 radical (unpaired) electrons. The lowest BCUT2D eigenvalue weighted by molar-refractivity contribution is -0.118. The van der Waals surface area contributed by atoms with Gasteiger partial charge in [0.15, 0.2) is 0 Å². The molecule has 0 saturated carbocycles. The Balaban J connectivity index is 2.62. The predicted molar refractivity (Wildman–Crippen MR) is 77.8 cm³/mol. The number of methoxy groups -OCH3 is 1. The van der Waals surface area contributed by atoms with Crippen LogP contribution in [0.4, 0.5) is 0 Å². The molecule has 102 valence electrons. The first-order chi connectivity index (χ1) is 9.04. The standard InChI is InChI=1S/C14H16BrNO3/c1-10(17)16-8-4-3-5-11-6-7-12(9-13(11)15)14(18)19-2/h3,5-7,9H,4,8H2,1-2H3,(H,16,17). The number of amides is 1. The number of carbonyl (C=O) groups excluding carboxylic acids is 2. The van der Waals surface area contributed by atoms with Gasteiger partial charge in [-0.2, -0.15) is 0 Å². The van der Waals surface area contributed by atoms with Gasteiger partial charge >= 0.3 is 5.97 Å². The third-order valence-corrected chi connectivity index (χ3v) is 3.09. The van der Waals surface area contributed by atoms with Gasteiger partial charge in [-0.25, -0.2) is 4.79 Å². The Labute approximate surface area is 121 Å². The molecule has 19 heavy (non-hydrogen) atoms. The van der Waals surface area contributed by atoms with Crippen LogP contribution in [0, 0.1) is 0 Å². The van der Waals surface area contributed by atoms with Crippen molar-refractivity contribution < 1.29 is 14.3 Å². The number of esters is 1. The molecular formula is C14H16BrNO3. The number of halogens is 1. The van der Waals surface area contributed by atoms with Crippen LogP contribution in [0.3, 0.4) is 0 Å². The van der Waals surface area contributed by atoms with Crippen LogP contribution in [-0.2, 0) is 9.53 Å². The van der Waals surface area contributed by atoms with Crippen molar-refractivity contribution in [3.05, 3.63) is 39.9 Å². The van der Waals surface area contributed by atoms with Gasteiger partial charge in [-0.05, 0) is 24.1 Å². The highest BCUT2D eigenvalue weighted by molar-refractivity contribution is 9.10. The second-order valence-electron chi connectivity index (χ2n) is 3.90. The smallest absolute Gasteiger partial charge is 0.337 e. The molecule has 4 nitrogen and oxygen atoms in total. The highest BCUT2D eigenvalue weighted by Crippen LogP contribution is 2.20. The van der Waals surface area contributed by atoms with E-state index in [0.29, 0.717) is 12.1 Å². The van der Waals surface area contributed by atoms with Crippen LogP contribution in [0.5, 0.6) is 0 Å². The molecule has 0 aliphatic rings. The van der Waals surface area contributed by atoms with Crippen molar-refractivity contribution in [1.82, 2.24) is 5.32 Å². The lowest BCUT2D eigenvalue weighted by Crippen LogP contribution is -2.20. The maximum Gasteiger partial charge on any atom is 0.337 e. The first kappa shape index (κ1) is 15.4. The van der Waals surface area contributed by atoms with Crippen molar-refractivity contribution in [3.63, 3.8) is 0 Å². The fraction of sp³-hybridized carbons (Fsp3) is 0.286. The summed E-state index contributed by atoms with van der Waals surface area (Å²) in [7, 11) is 1.35. The van der Waals surface area contributed by atoms with Gasteiger partial charge in [-0.3, -0.25) is 4.79 Å². The Morgan fingerprint density at radius 3 is 2.74 bits per heavy atom. The number of carbonyl (C=O) groups is 2. The SMILES string of the molecule is COC(=O)c1ccc(C=CCCNC(C)=O)c(Br)c1. The van der Waals surface area contributed by atoms with Gasteiger partial charge in [0.25, 0.3) is 0 Å². The van der Waals surface area contributed by atoms with Crippen molar-refractivity contribution >= 4 is 33.9 Å². The third-order valence-electron chi connectivity index (χ3n) is 2.40. The normalized spacial score (nSPS) is 10.5. The summed E-state index contributed by atoms with van der Waals surface area (Å²) in [6.45, 7) is 2.11. The second-order valence-corrected chi connectivity index (χ2v) is 4.76. The monoisotopic (exact) mass is 325 g/mol. The van der Waals surface area contributed by atoms with E-state index in [1.54, 1.807) is 12.1 Å². The Morgan fingerprint density at radius 1 is 1.42 bits per heavy atom. The molecule has 0 aromatic heterocycles. The van der Waals surface area contributed by atoms with E-state index in [0.717, 1.165) is 16.5 Å². The molecule has 0 heterocycles. The number of hydrogen-bond acceptors (Lipinski definition) is 3. The lowest BCUT2D eigenvalue weighted by atomic mass is 10.1. The molecule has 0 bridgehead atoms. The molecule has 0 atom stereocenters. The number of benzene rings is 1. The van der Waals surface area contributed by atoms with Gasteiger partial charge in [0, 0.05) is 17.9 Å². The van der Waals surface area contributed by atoms with Crippen molar-refractivity contribution in [2.75, 3.05) is 13.7 Å². The topological polar surface area (TPSA) is 55.4 Å². The number of ether oxygens (including phenoxy) is 1. The Morgan fingerprint density at radius 2 is 2.16 bits per heavy atom. The summed E-state index contributed by atoms with van der Waals surface area (Å²) >= 11 is 3.41. The van der Waals surface area contributed by atoms with Gasteiger partial charge in [0.1, 0.15) is 0 Å². The Bertz CT molecular complexity index is 497. The van der Waals surface area contributed by atoms with E-state index >= 15 is 0 Å². The number of hydrogen-bond donors (Lipinski definition) is 1. The van der Waals surface area contributed by atoms with Gasteiger partial charge in [-0.15, -0.1) is 0 Å².